The van der Waals surface area contributed by atoms with Crippen LogP contribution in [0.2, 0.25) is 0 Å². The monoisotopic (exact) mass is 425 g/mol. The van der Waals surface area contributed by atoms with Gasteiger partial charge in [0.25, 0.3) is 0 Å². The van der Waals surface area contributed by atoms with Gasteiger partial charge in [-0.05, 0) is 37.1 Å². The molecule has 0 amide bonds. The second-order valence-electron chi connectivity index (χ2n) is 7.58. The van der Waals surface area contributed by atoms with Crippen molar-refractivity contribution in [1.29, 1.82) is 0 Å². The average molecular weight is 425 g/mol. The van der Waals surface area contributed by atoms with E-state index in [9.17, 15) is 4.79 Å². The van der Waals surface area contributed by atoms with Crippen LogP contribution in [0.5, 0.6) is 11.6 Å². The third kappa shape index (κ3) is 4.33. The maximum absolute atomic E-state index is 12.5. The van der Waals surface area contributed by atoms with Crippen LogP contribution in [-0.4, -0.2) is 47.2 Å². The zero-order chi connectivity index (χ0) is 21.2. The topological polar surface area (TPSA) is 97.8 Å². The summed E-state index contributed by atoms with van der Waals surface area (Å²) in [5.41, 5.74) is 3.36. The summed E-state index contributed by atoms with van der Waals surface area (Å²) >= 11 is 0. The third-order valence-electron chi connectivity index (χ3n) is 5.31. The summed E-state index contributed by atoms with van der Waals surface area (Å²) in [5, 5.41) is 3.87. The predicted octanol–water partition coefficient (Wildman–Crippen LogP) is 2.14. The lowest BCUT2D eigenvalue weighted by molar-refractivity contribution is -0.102. The van der Waals surface area contributed by atoms with Crippen LogP contribution >= 0.6 is 0 Å². The van der Waals surface area contributed by atoms with Crippen molar-refractivity contribution in [2.75, 3.05) is 26.4 Å². The molecule has 3 aromatic rings. The molecule has 1 saturated heterocycles. The molecular weight excluding hydrogens is 402 g/mol. The highest BCUT2D eigenvalue weighted by Gasteiger charge is 2.21. The lowest BCUT2D eigenvalue weighted by atomic mass is 9.97. The van der Waals surface area contributed by atoms with Crippen LogP contribution in [0.3, 0.4) is 0 Å². The van der Waals surface area contributed by atoms with Crippen LogP contribution in [0.1, 0.15) is 17.0 Å². The molecule has 1 unspecified atom stereocenters. The quantitative estimate of drug-likeness (QED) is 0.593. The highest BCUT2D eigenvalue weighted by molar-refractivity contribution is 5.67. The number of fused-ring (bicyclic) bond motifs is 3. The fourth-order valence-electron chi connectivity index (χ4n) is 3.80. The number of nitrogens with zero attached hydrogens (tertiary/aromatic N) is 3. The molecule has 1 fully saturated rings. The Labute approximate surface area is 178 Å². The molecule has 9 heteroatoms. The fourth-order valence-corrected chi connectivity index (χ4v) is 3.80. The molecule has 5 rings (SSSR count). The molecule has 1 atom stereocenters. The first-order valence-electron chi connectivity index (χ1n) is 10.3. The van der Waals surface area contributed by atoms with Crippen molar-refractivity contribution in [2.45, 2.75) is 32.6 Å². The SMILES string of the molecule is Cc1cc(COc2ccc3c(c2)CCn2c-3cc(OCC3COCCO3)nc2=O)on1. The molecule has 0 N–H and O–H groups in total. The van der Waals surface area contributed by atoms with Crippen LogP contribution < -0.4 is 15.2 Å². The van der Waals surface area contributed by atoms with Gasteiger partial charge in [-0.15, -0.1) is 0 Å². The van der Waals surface area contributed by atoms with Gasteiger partial charge in [0.15, 0.2) is 5.76 Å². The number of aryl methyl sites for hydroxylation is 2. The summed E-state index contributed by atoms with van der Waals surface area (Å²) in [6.07, 6.45) is 0.560. The van der Waals surface area contributed by atoms with E-state index in [1.165, 1.54) is 0 Å². The Morgan fingerprint density at radius 3 is 2.94 bits per heavy atom. The van der Waals surface area contributed by atoms with Gasteiger partial charge in [0.1, 0.15) is 25.1 Å². The van der Waals surface area contributed by atoms with Gasteiger partial charge in [-0.25, -0.2) is 4.79 Å². The molecule has 2 aliphatic heterocycles. The standard InChI is InChI=1S/C22H23N3O6/c1-14-8-17(31-24-14)12-29-16-2-3-19-15(9-16)4-5-25-20(19)10-21(23-22(25)26)30-13-18-11-27-6-7-28-18/h2-3,8-10,18H,4-7,11-13H2,1H3. The van der Waals surface area contributed by atoms with E-state index in [0.29, 0.717) is 44.6 Å². The Morgan fingerprint density at radius 1 is 1.19 bits per heavy atom. The predicted molar refractivity (Wildman–Crippen MR) is 109 cm³/mol. The van der Waals surface area contributed by atoms with Crippen LogP contribution in [0.25, 0.3) is 11.3 Å². The first kappa shape index (κ1) is 19.8. The summed E-state index contributed by atoms with van der Waals surface area (Å²) in [4.78, 5) is 16.6. The maximum atomic E-state index is 12.5. The van der Waals surface area contributed by atoms with Crippen molar-refractivity contribution < 1.29 is 23.5 Å². The molecule has 0 radical (unpaired) electrons. The molecule has 2 aliphatic rings. The van der Waals surface area contributed by atoms with Crippen molar-refractivity contribution in [1.82, 2.24) is 14.7 Å². The minimum Gasteiger partial charge on any atom is -0.486 e. The Bertz CT molecular complexity index is 1130. The van der Waals surface area contributed by atoms with E-state index in [-0.39, 0.29) is 18.4 Å². The molecule has 1 aromatic carbocycles. The van der Waals surface area contributed by atoms with Gasteiger partial charge in [0.05, 0.1) is 31.2 Å². The summed E-state index contributed by atoms with van der Waals surface area (Å²) in [6, 6.07) is 9.50. The van der Waals surface area contributed by atoms with Crippen LogP contribution in [0, 0.1) is 6.92 Å². The van der Waals surface area contributed by atoms with Crippen LogP contribution in [-0.2, 0) is 29.0 Å². The largest absolute Gasteiger partial charge is 0.486 e. The Hall–Kier alpha value is -3.17. The van der Waals surface area contributed by atoms with E-state index >= 15 is 0 Å². The van der Waals surface area contributed by atoms with E-state index < -0.39 is 0 Å². The zero-order valence-corrected chi connectivity index (χ0v) is 17.2. The summed E-state index contributed by atoms with van der Waals surface area (Å²) < 4.78 is 29.4. The van der Waals surface area contributed by atoms with Gasteiger partial charge < -0.3 is 23.5 Å². The summed E-state index contributed by atoms with van der Waals surface area (Å²) in [7, 11) is 0. The molecule has 4 heterocycles. The minimum atomic E-state index is -0.319. The first-order valence-corrected chi connectivity index (χ1v) is 10.3. The molecule has 162 valence electrons. The Kier molecular flexibility index (Phi) is 5.44. The second-order valence-corrected chi connectivity index (χ2v) is 7.58. The van der Waals surface area contributed by atoms with E-state index in [1.807, 2.05) is 31.2 Å². The maximum Gasteiger partial charge on any atom is 0.351 e. The highest BCUT2D eigenvalue weighted by Crippen LogP contribution is 2.32. The minimum absolute atomic E-state index is 0.158. The summed E-state index contributed by atoms with van der Waals surface area (Å²) in [6.45, 7) is 4.63. The third-order valence-corrected chi connectivity index (χ3v) is 5.31. The molecule has 31 heavy (non-hydrogen) atoms. The van der Waals surface area contributed by atoms with E-state index in [2.05, 4.69) is 10.1 Å². The Morgan fingerprint density at radius 2 is 2.13 bits per heavy atom. The normalized spacial score (nSPS) is 17.6. The van der Waals surface area contributed by atoms with Gasteiger partial charge >= 0.3 is 5.69 Å². The number of hydrogen-bond acceptors (Lipinski definition) is 8. The van der Waals surface area contributed by atoms with Crippen molar-refractivity contribution in [2.24, 2.45) is 0 Å². The van der Waals surface area contributed by atoms with Crippen molar-refractivity contribution >= 4 is 0 Å². The first-order chi connectivity index (χ1) is 15.2. The molecule has 0 bridgehead atoms. The Balaban J connectivity index is 1.34. The second kappa shape index (κ2) is 8.52. The zero-order valence-electron chi connectivity index (χ0n) is 17.2. The lowest BCUT2D eigenvalue weighted by Crippen LogP contribution is -2.34. The average Bonchev–Trinajstić information content (AvgIpc) is 3.22. The lowest BCUT2D eigenvalue weighted by Gasteiger charge is -2.24. The van der Waals surface area contributed by atoms with Crippen molar-refractivity contribution in [3.63, 3.8) is 0 Å². The van der Waals surface area contributed by atoms with Gasteiger partial charge in [0, 0.05) is 24.2 Å². The van der Waals surface area contributed by atoms with E-state index in [1.54, 1.807) is 10.6 Å². The molecule has 9 nitrogen and oxygen atoms in total. The van der Waals surface area contributed by atoms with Gasteiger partial charge in [-0.1, -0.05) is 5.16 Å². The van der Waals surface area contributed by atoms with Crippen molar-refractivity contribution in [3.8, 4) is 22.9 Å². The fraction of sp³-hybridized carbons (Fsp3) is 0.409. The van der Waals surface area contributed by atoms with Gasteiger partial charge in [-0.2, -0.15) is 4.98 Å². The number of benzene rings is 1. The number of rotatable bonds is 6. The number of aromatic nitrogens is 3. The molecular formula is C22H23N3O6. The molecule has 0 aliphatic carbocycles. The van der Waals surface area contributed by atoms with E-state index in [0.717, 1.165) is 34.7 Å². The number of hydrogen-bond donors (Lipinski definition) is 0. The molecule has 0 spiro atoms. The smallest absolute Gasteiger partial charge is 0.351 e. The van der Waals surface area contributed by atoms with E-state index in [4.69, 9.17) is 23.5 Å². The number of ether oxygens (including phenoxy) is 4. The molecule has 0 saturated carbocycles. The van der Waals surface area contributed by atoms with Crippen LogP contribution in [0.15, 0.2) is 39.6 Å². The molecule has 2 aromatic heterocycles. The van der Waals surface area contributed by atoms with Gasteiger partial charge in [-0.3, -0.25) is 4.57 Å². The van der Waals surface area contributed by atoms with Gasteiger partial charge in [0.2, 0.25) is 5.88 Å². The highest BCUT2D eigenvalue weighted by atomic mass is 16.6. The van der Waals surface area contributed by atoms with Crippen molar-refractivity contribution in [3.05, 3.63) is 57.8 Å². The van der Waals surface area contributed by atoms with Crippen LogP contribution in [0.4, 0.5) is 0 Å². The summed E-state index contributed by atoms with van der Waals surface area (Å²) in [5.74, 6) is 1.70.